The van der Waals surface area contributed by atoms with Gasteiger partial charge in [0, 0.05) is 30.7 Å². The monoisotopic (exact) mass is 280 g/mol. The Morgan fingerprint density at radius 3 is 3.00 bits per heavy atom. The van der Waals surface area contributed by atoms with Crippen LogP contribution in [0.5, 0.6) is 0 Å². The van der Waals surface area contributed by atoms with Gasteiger partial charge in [0.15, 0.2) is 0 Å². The number of rotatable bonds is 2. The van der Waals surface area contributed by atoms with E-state index in [4.69, 9.17) is 5.73 Å². The third-order valence-electron chi connectivity index (χ3n) is 4.40. The smallest absolute Gasteiger partial charge is 0.103 e. The van der Waals surface area contributed by atoms with Crippen LogP contribution in [-0.2, 0) is 0 Å². The van der Waals surface area contributed by atoms with Gasteiger partial charge in [-0.2, -0.15) is 5.26 Å². The fourth-order valence-corrected chi connectivity index (χ4v) is 3.29. The van der Waals surface area contributed by atoms with Gasteiger partial charge < -0.3 is 10.6 Å². The predicted molar refractivity (Wildman–Crippen MR) is 85.0 cm³/mol. The topological polar surface area (TPSA) is 65.9 Å². The Hall–Kier alpha value is -2.12. The summed E-state index contributed by atoms with van der Waals surface area (Å²) >= 11 is 0. The van der Waals surface area contributed by atoms with Gasteiger partial charge in [0.2, 0.25) is 0 Å². The second-order valence-corrected chi connectivity index (χ2v) is 5.86. The van der Waals surface area contributed by atoms with Crippen LogP contribution in [0.15, 0.2) is 30.5 Å². The minimum absolute atomic E-state index is 0.298. The third-order valence-corrected chi connectivity index (χ3v) is 4.40. The number of aromatic nitrogens is 1. The normalized spacial score (nSPS) is 22.2. The second kappa shape index (κ2) is 5.71. The first-order chi connectivity index (χ1) is 10.2. The van der Waals surface area contributed by atoms with Gasteiger partial charge in [-0.15, -0.1) is 0 Å². The maximum atomic E-state index is 9.47. The molecule has 1 aromatic heterocycles. The second-order valence-electron chi connectivity index (χ2n) is 5.86. The van der Waals surface area contributed by atoms with Crippen LogP contribution in [0.25, 0.3) is 10.9 Å². The predicted octanol–water partition coefficient (Wildman–Crippen LogP) is 2.67. The van der Waals surface area contributed by atoms with E-state index < -0.39 is 0 Å². The Bertz CT molecular complexity index is 689. The van der Waals surface area contributed by atoms with Crippen molar-refractivity contribution in [3.8, 4) is 6.07 Å². The van der Waals surface area contributed by atoms with Crippen LogP contribution in [0.3, 0.4) is 0 Å². The number of pyridine rings is 1. The van der Waals surface area contributed by atoms with Crippen molar-refractivity contribution in [2.24, 2.45) is 11.7 Å². The number of fused-ring (bicyclic) bond motifs is 1. The molecule has 2 aromatic rings. The van der Waals surface area contributed by atoms with E-state index in [-0.39, 0.29) is 0 Å². The van der Waals surface area contributed by atoms with Crippen molar-refractivity contribution in [2.75, 3.05) is 18.0 Å². The molecule has 2 N–H and O–H groups in total. The van der Waals surface area contributed by atoms with Gasteiger partial charge in [-0.25, -0.2) is 0 Å². The van der Waals surface area contributed by atoms with E-state index >= 15 is 0 Å². The lowest BCUT2D eigenvalue weighted by Crippen LogP contribution is -2.46. The molecule has 1 aliphatic rings. The zero-order valence-corrected chi connectivity index (χ0v) is 12.3. The van der Waals surface area contributed by atoms with Gasteiger partial charge in [-0.05, 0) is 24.8 Å². The summed E-state index contributed by atoms with van der Waals surface area (Å²) in [5.74, 6) is 0.688. The van der Waals surface area contributed by atoms with Gasteiger partial charge in [-0.1, -0.05) is 25.1 Å². The highest BCUT2D eigenvalue weighted by Gasteiger charge is 2.28. The molecule has 1 aromatic carbocycles. The summed E-state index contributed by atoms with van der Waals surface area (Å²) in [5.41, 5.74) is 8.57. The Balaban J connectivity index is 2.16. The lowest BCUT2D eigenvalue weighted by molar-refractivity contribution is 0.367. The highest BCUT2D eigenvalue weighted by Crippen LogP contribution is 2.34. The van der Waals surface area contributed by atoms with Crippen LogP contribution < -0.4 is 10.6 Å². The van der Waals surface area contributed by atoms with E-state index in [1.54, 1.807) is 6.20 Å². The van der Waals surface area contributed by atoms with Crippen molar-refractivity contribution in [3.05, 3.63) is 36.0 Å². The van der Waals surface area contributed by atoms with E-state index in [1.165, 1.54) is 0 Å². The SMILES string of the molecule is CC1CCN(c2c(C#N)cnc3ccccc23)C(CN)C1. The molecule has 1 fully saturated rings. The van der Waals surface area contributed by atoms with E-state index in [0.29, 0.717) is 24.1 Å². The molecular weight excluding hydrogens is 260 g/mol. The fourth-order valence-electron chi connectivity index (χ4n) is 3.29. The molecule has 0 radical (unpaired) electrons. The van der Waals surface area contributed by atoms with Crippen molar-refractivity contribution in [1.29, 1.82) is 5.26 Å². The summed E-state index contributed by atoms with van der Waals surface area (Å²) in [5, 5.41) is 10.5. The van der Waals surface area contributed by atoms with E-state index in [9.17, 15) is 5.26 Å². The van der Waals surface area contributed by atoms with Crippen LogP contribution in [0.2, 0.25) is 0 Å². The molecule has 3 rings (SSSR count). The number of piperidine rings is 1. The molecule has 1 saturated heterocycles. The first kappa shape index (κ1) is 13.8. The highest BCUT2D eigenvalue weighted by atomic mass is 15.2. The summed E-state index contributed by atoms with van der Waals surface area (Å²) < 4.78 is 0. The lowest BCUT2D eigenvalue weighted by atomic mass is 9.91. The van der Waals surface area contributed by atoms with E-state index in [1.807, 2.05) is 24.3 Å². The number of para-hydroxylation sites is 1. The highest BCUT2D eigenvalue weighted by molar-refractivity contribution is 5.94. The first-order valence-electron chi connectivity index (χ1n) is 7.49. The van der Waals surface area contributed by atoms with Crippen LogP contribution >= 0.6 is 0 Å². The number of nitriles is 1. The lowest BCUT2D eigenvalue weighted by Gasteiger charge is -2.40. The summed E-state index contributed by atoms with van der Waals surface area (Å²) in [7, 11) is 0. The van der Waals surface area contributed by atoms with Crippen molar-refractivity contribution in [2.45, 2.75) is 25.8 Å². The molecule has 108 valence electrons. The molecular formula is C17H20N4. The van der Waals surface area contributed by atoms with Gasteiger partial charge in [0.25, 0.3) is 0 Å². The summed E-state index contributed by atoms with van der Waals surface area (Å²) in [4.78, 5) is 6.71. The van der Waals surface area contributed by atoms with Crippen LogP contribution in [0.4, 0.5) is 5.69 Å². The number of hydrogen-bond donors (Lipinski definition) is 1. The maximum absolute atomic E-state index is 9.47. The fraction of sp³-hybridized carbons (Fsp3) is 0.412. The van der Waals surface area contributed by atoms with Crippen molar-refractivity contribution in [1.82, 2.24) is 4.98 Å². The molecule has 2 unspecified atom stereocenters. The minimum Gasteiger partial charge on any atom is -0.366 e. The van der Waals surface area contributed by atoms with Crippen molar-refractivity contribution < 1.29 is 0 Å². The first-order valence-corrected chi connectivity index (χ1v) is 7.49. The molecule has 21 heavy (non-hydrogen) atoms. The number of hydrogen-bond acceptors (Lipinski definition) is 4. The molecule has 2 atom stereocenters. The van der Waals surface area contributed by atoms with Gasteiger partial charge in [0.05, 0.1) is 16.8 Å². The van der Waals surface area contributed by atoms with Crippen LogP contribution in [0, 0.1) is 17.2 Å². The van der Waals surface area contributed by atoms with Crippen molar-refractivity contribution in [3.63, 3.8) is 0 Å². The van der Waals surface area contributed by atoms with E-state index in [2.05, 4.69) is 22.9 Å². The van der Waals surface area contributed by atoms with Gasteiger partial charge in [0.1, 0.15) is 6.07 Å². The summed E-state index contributed by atoms with van der Waals surface area (Å²) in [6.45, 7) is 3.84. The molecule has 0 spiro atoms. The average molecular weight is 280 g/mol. The Morgan fingerprint density at radius 2 is 2.24 bits per heavy atom. The minimum atomic E-state index is 0.298. The van der Waals surface area contributed by atoms with Crippen LogP contribution in [0.1, 0.15) is 25.3 Å². The number of nitrogens with two attached hydrogens (primary N) is 1. The largest absolute Gasteiger partial charge is 0.366 e. The standard InChI is InChI=1S/C17H20N4/c1-12-6-7-21(14(8-12)10-19)17-13(9-18)11-20-16-5-3-2-4-15(16)17/h2-5,11-12,14H,6-8,10,19H2,1H3. The van der Waals surface area contributed by atoms with Crippen LogP contribution in [-0.4, -0.2) is 24.1 Å². The molecule has 0 saturated carbocycles. The zero-order chi connectivity index (χ0) is 14.8. The van der Waals surface area contributed by atoms with E-state index in [0.717, 1.165) is 36.0 Å². The third kappa shape index (κ3) is 2.45. The number of anilines is 1. The molecule has 0 aliphatic carbocycles. The quantitative estimate of drug-likeness (QED) is 0.918. The average Bonchev–Trinajstić information content (AvgIpc) is 2.53. The van der Waals surface area contributed by atoms with Gasteiger partial charge >= 0.3 is 0 Å². The number of nitrogens with zero attached hydrogens (tertiary/aromatic N) is 3. The summed E-state index contributed by atoms with van der Waals surface area (Å²) in [6.07, 6.45) is 3.90. The molecule has 2 heterocycles. The Kier molecular flexibility index (Phi) is 3.76. The zero-order valence-electron chi connectivity index (χ0n) is 12.3. The molecule has 0 amide bonds. The van der Waals surface area contributed by atoms with Gasteiger partial charge in [-0.3, -0.25) is 4.98 Å². The van der Waals surface area contributed by atoms with Crippen molar-refractivity contribution >= 4 is 16.6 Å². The number of benzene rings is 1. The molecule has 0 bridgehead atoms. The summed E-state index contributed by atoms with van der Waals surface area (Å²) in [6, 6.07) is 10.6. The maximum Gasteiger partial charge on any atom is 0.103 e. The Labute approximate surface area is 125 Å². The molecule has 1 aliphatic heterocycles. The molecule has 4 nitrogen and oxygen atoms in total. The Morgan fingerprint density at radius 1 is 1.43 bits per heavy atom. The molecule has 4 heteroatoms.